The van der Waals surface area contributed by atoms with Crippen molar-refractivity contribution < 1.29 is 23.5 Å². The molecule has 0 aliphatic heterocycles. The van der Waals surface area contributed by atoms with Crippen molar-refractivity contribution in [3.63, 3.8) is 0 Å². The summed E-state index contributed by atoms with van der Waals surface area (Å²) in [4.78, 5) is 32.9. The number of rotatable bonds is 7. The van der Waals surface area contributed by atoms with Crippen LogP contribution in [-0.2, 0) is 0 Å². The molecule has 0 unspecified atom stereocenters. The lowest BCUT2D eigenvalue weighted by Crippen LogP contribution is -2.38. The molecule has 9 nitrogen and oxygen atoms in total. The molecule has 0 bridgehead atoms. The zero-order valence-electron chi connectivity index (χ0n) is 17.4. The number of hydrogen-bond donors (Lipinski definition) is 4. The molecule has 2 heterocycles. The molecule has 2 aromatic heterocycles. The highest BCUT2D eigenvalue weighted by Crippen LogP contribution is 2.28. The number of amides is 2. The van der Waals surface area contributed by atoms with E-state index < -0.39 is 29.0 Å². The van der Waals surface area contributed by atoms with Crippen molar-refractivity contribution in [2.45, 2.75) is 26.4 Å². The Morgan fingerprint density at radius 1 is 1.12 bits per heavy atom. The number of carbonyl (C=O) groups excluding carboxylic acids is 2. The van der Waals surface area contributed by atoms with Gasteiger partial charge in [0.2, 0.25) is 0 Å². The lowest BCUT2D eigenvalue weighted by atomic mass is 10.1. The van der Waals surface area contributed by atoms with Crippen LogP contribution in [0.3, 0.4) is 0 Å². The Hall–Kier alpha value is -3.51. The molecule has 0 spiro atoms. The van der Waals surface area contributed by atoms with Crippen molar-refractivity contribution in [2.24, 2.45) is 0 Å². The van der Waals surface area contributed by atoms with Crippen LogP contribution in [0.4, 0.5) is 25.3 Å². The zero-order chi connectivity index (χ0) is 23.5. The zero-order valence-corrected chi connectivity index (χ0v) is 18.2. The summed E-state index contributed by atoms with van der Waals surface area (Å²) < 4.78 is 30.7. The van der Waals surface area contributed by atoms with E-state index in [9.17, 15) is 23.5 Å². The molecule has 0 radical (unpaired) electrons. The Kier molecular flexibility index (Phi) is 6.75. The third-order valence-corrected chi connectivity index (χ3v) is 4.93. The predicted molar refractivity (Wildman–Crippen MR) is 115 cm³/mol. The predicted octanol–water partition coefficient (Wildman–Crippen LogP) is 3.02. The lowest BCUT2D eigenvalue weighted by molar-refractivity contribution is 0.0691. The average molecular weight is 462 g/mol. The smallest absolute Gasteiger partial charge is 0.271 e. The first-order valence-corrected chi connectivity index (χ1v) is 10.1. The summed E-state index contributed by atoms with van der Waals surface area (Å²) in [7, 11) is 0. The second-order valence-electron chi connectivity index (χ2n) is 7.46. The van der Waals surface area contributed by atoms with E-state index in [0.29, 0.717) is 10.7 Å². The molecule has 1 aromatic carbocycles. The van der Waals surface area contributed by atoms with Gasteiger partial charge < -0.3 is 21.1 Å². The highest BCUT2D eigenvalue weighted by atomic mass is 32.1. The first-order valence-electron chi connectivity index (χ1n) is 9.36. The molecule has 0 saturated carbocycles. The molecule has 0 aliphatic carbocycles. The van der Waals surface area contributed by atoms with Crippen molar-refractivity contribution in [1.29, 1.82) is 0 Å². The summed E-state index contributed by atoms with van der Waals surface area (Å²) in [5.41, 5.74) is -0.296. The molecule has 12 heteroatoms. The molecule has 0 atom stereocenters. The quantitative estimate of drug-likeness (QED) is 0.425. The number of aromatic nitrogens is 3. The SMILES string of the molecule is Cc1nsc(Nc2cnc(C(=O)NCC(C)(C)O)cn2)c1C(=O)Nc1ccc(F)c(F)c1. The second kappa shape index (κ2) is 9.32. The van der Waals surface area contributed by atoms with E-state index >= 15 is 0 Å². The maximum absolute atomic E-state index is 13.4. The number of halogens is 2. The topological polar surface area (TPSA) is 129 Å². The molecule has 0 aliphatic rings. The van der Waals surface area contributed by atoms with E-state index in [1.165, 1.54) is 18.5 Å². The first kappa shape index (κ1) is 23.2. The Morgan fingerprint density at radius 2 is 1.88 bits per heavy atom. The van der Waals surface area contributed by atoms with E-state index in [0.717, 1.165) is 23.7 Å². The largest absolute Gasteiger partial charge is 0.389 e. The van der Waals surface area contributed by atoms with Crippen LogP contribution in [0, 0.1) is 18.6 Å². The standard InChI is InChI=1S/C20H20F2N6O3S/c1-10-16(18(30)26-11-4-5-12(21)13(22)6-11)19(32-28-10)27-15-8-23-14(7-24-15)17(29)25-9-20(2,3)31/h4-8,31H,9H2,1-3H3,(H,24,27)(H,25,29)(H,26,30). The number of aryl methyl sites for hydroxylation is 1. The number of nitrogens with one attached hydrogen (secondary N) is 3. The van der Waals surface area contributed by atoms with Gasteiger partial charge in [0.1, 0.15) is 16.5 Å². The van der Waals surface area contributed by atoms with Crippen LogP contribution < -0.4 is 16.0 Å². The van der Waals surface area contributed by atoms with Gasteiger partial charge in [0.15, 0.2) is 11.6 Å². The van der Waals surface area contributed by atoms with E-state index in [-0.39, 0.29) is 29.3 Å². The normalized spacial score (nSPS) is 11.2. The van der Waals surface area contributed by atoms with Gasteiger partial charge in [-0.1, -0.05) is 0 Å². The molecular weight excluding hydrogens is 442 g/mol. The van der Waals surface area contributed by atoms with Crippen LogP contribution in [-0.4, -0.2) is 43.4 Å². The Labute approximate surface area is 186 Å². The minimum atomic E-state index is -1.08. The molecule has 0 fully saturated rings. The highest BCUT2D eigenvalue weighted by Gasteiger charge is 2.20. The minimum Gasteiger partial charge on any atom is -0.389 e. The second-order valence-corrected chi connectivity index (χ2v) is 8.24. The van der Waals surface area contributed by atoms with Crippen LogP contribution in [0.25, 0.3) is 0 Å². The number of benzene rings is 1. The van der Waals surface area contributed by atoms with Gasteiger partial charge in [-0.05, 0) is 44.4 Å². The first-order chi connectivity index (χ1) is 15.0. The molecule has 168 valence electrons. The van der Waals surface area contributed by atoms with Crippen molar-refractivity contribution in [1.82, 2.24) is 19.7 Å². The van der Waals surface area contributed by atoms with Crippen LogP contribution in [0.1, 0.15) is 40.4 Å². The molecule has 0 saturated heterocycles. The maximum atomic E-state index is 13.4. The Morgan fingerprint density at radius 3 is 2.50 bits per heavy atom. The van der Waals surface area contributed by atoms with Gasteiger partial charge in [-0.3, -0.25) is 9.59 Å². The van der Waals surface area contributed by atoms with Crippen LogP contribution in [0.2, 0.25) is 0 Å². The Bertz CT molecular complexity index is 1150. The molecule has 4 N–H and O–H groups in total. The van der Waals surface area contributed by atoms with Crippen LogP contribution in [0.15, 0.2) is 30.6 Å². The van der Waals surface area contributed by atoms with Gasteiger partial charge in [-0.25, -0.2) is 18.7 Å². The summed E-state index contributed by atoms with van der Waals surface area (Å²) >= 11 is 1.01. The van der Waals surface area contributed by atoms with Crippen molar-refractivity contribution >= 4 is 39.9 Å². The van der Waals surface area contributed by atoms with Gasteiger partial charge in [0.05, 0.1) is 29.3 Å². The van der Waals surface area contributed by atoms with Crippen molar-refractivity contribution in [3.8, 4) is 0 Å². The third-order valence-electron chi connectivity index (χ3n) is 4.07. The number of hydrogen-bond acceptors (Lipinski definition) is 8. The van der Waals surface area contributed by atoms with E-state index in [1.54, 1.807) is 20.8 Å². The fourth-order valence-corrected chi connectivity index (χ4v) is 3.30. The summed E-state index contributed by atoms with van der Waals surface area (Å²) in [6.45, 7) is 4.79. The minimum absolute atomic E-state index is 0.0457. The lowest BCUT2D eigenvalue weighted by Gasteiger charge is -2.17. The number of nitrogens with zero attached hydrogens (tertiary/aromatic N) is 3. The fourth-order valence-electron chi connectivity index (χ4n) is 2.50. The number of aliphatic hydroxyl groups is 1. The van der Waals surface area contributed by atoms with E-state index in [1.807, 2.05) is 0 Å². The van der Waals surface area contributed by atoms with Gasteiger partial charge in [0.25, 0.3) is 11.8 Å². The summed E-state index contributed by atoms with van der Waals surface area (Å²) in [5.74, 6) is -2.90. The van der Waals surface area contributed by atoms with Gasteiger partial charge >= 0.3 is 0 Å². The number of anilines is 3. The van der Waals surface area contributed by atoms with E-state index in [4.69, 9.17) is 0 Å². The van der Waals surface area contributed by atoms with Crippen LogP contribution >= 0.6 is 11.5 Å². The molecule has 3 rings (SSSR count). The summed E-state index contributed by atoms with van der Waals surface area (Å²) in [5, 5.41) is 18.0. The van der Waals surface area contributed by atoms with E-state index in [2.05, 4.69) is 30.3 Å². The third kappa shape index (κ3) is 5.80. The molecule has 3 aromatic rings. The van der Waals surface area contributed by atoms with Gasteiger partial charge in [-0.15, -0.1) is 0 Å². The van der Waals surface area contributed by atoms with Gasteiger partial charge in [-0.2, -0.15) is 4.37 Å². The maximum Gasteiger partial charge on any atom is 0.271 e. The fraction of sp³-hybridized carbons (Fsp3) is 0.250. The average Bonchev–Trinajstić information content (AvgIpc) is 3.09. The van der Waals surface area contributed by atoms with Crippen molar-refractivity contribution in [3.05, 3.63) is 59.2 Å². The monoisotopic (exact) mass is 462 g/mol. The molecule has 32 heavy (non-hydrogen) atoms. The molecule has 2 amide bonds. The molecular formula is C20H20F2N6O3S. The van der Waals surface area contributed by atoms with Gasteiger partial charge in [0, 0.05) is 18.3 Å². The van der Waals surface area contributed by atoms with Crippen molar-refractivity contribution in [2.75, 3.05) is 17.2 Å². The summed E-state index contributed by atoms with van der Waals surface area (Å²) in [6, 6.07) is 3.03. The Balaban J connectivity index is 1.71. The summed E-state index contributed by atoms with van der Waals surface area (Å²) in [6.07, 6.45) is 2.56. The number of carbonyl (C=O) groups is 2. The van der Waals surface area contributed by atoms with Crippen LogP contribution in [0.5, 0.6) is 0 Å². The highest BCUT2D eigenvalue weighted by molar-refractivity contribution is 7.10.